The fourth-order valence-electron chi connectivity index (χ4n) is 9.30. The fourth-order valence-corrected chi connectivity index (χ4v) is 9.30. The molecule has 6 fully saturated rings. The van der Waals surface area contributed by atoms with E-state index in [9.17, 15) is 29.7 Å². The van der Waals surface area contributed by atoms with E-state index in [1.54, 1.807) is 39.8 Å². The highest BCUT2D eigenvalue weighted by molar-refractivity contribution is 5.93. The molecule has 1 aliphatic carbocycles. The summed E-state index contributed by atoms with van der Waals surface area (Å²) < 4.78 is 30.4. The number of aliphatic hydroxyl groups is 3. The van der Waals surface area contributed by atoms with E-state index < -0.39 is 75.7 Å². The molecule has 0 amide bonds. The van der Waals surface area contributed by atoms with Gasteiger partial charge in [-0.2, -0.15) is 0 Å². The Morgan fingerprint density at radius 2 is 1.93 bits per heavy atom. The van der Waals surface area contributed by atoms with Gasteiger partial charge in [-0.15, -0.1) is 0 Å². The number of hydrogen-bond acceptors (Lipinski definition) is 11. The summed E-state index contributed by atoms with van der Waals surface area (Å²) in [6.45, 7) is 6.52. The molecule has 0 unspecified atom stereocenters. The normalized spacial score (nSPS) is 53.9. The van der Waals surface area contributed by atoms with Gasteiger partial charge in [0.15, 0.2) is 0 Å². The van der Waals surface area contributed by atoms with Crippen molar-refractivity contribution >= 4 is 17.7 Å². The van der Waals surface area contributed by atoms with Crippen LogP contribution in [0.3, 0.4) is 0 Å². The first kappa shape index (κ1) is 26.7. The number of esters is 2. The number of ether oxygens (including phenoxy) is 5. The van der Waals surface area contributed by atoms with Crippen LogP contribution in [0.15, 0.2) is 23.5 Å². The number of cyclic esters (lactones) is 1. The fraction of sp³-hybridized carbons (Fsp3) is 0.759. The summed E-state index contributed by atoms with van der Waals surface area (Å²) in [6, 6.07) is 0. The minimum absolute atomic E-state index is 0.0228. The van der Waals surface area contributed by atoms with E-state index in [4.69, 9.17) is 23.7 Å². The van der Waals surface area contributed by atoms with Gasteiger partial charge in [0.1, 0.15) is 23.2 Å². The third-order valence-electron chi connectivity index (χ3n) is 10.9. The van der Waals surface area contributed by atoms with Crippen LogP contribution in [-0.4, -0.2) is 80.2 Å². The molecule has 7 aliphatic rings. The van der Waals surface area contributed by atoms with Gasteiger partial charge in [0.05, 0.1) is 42.2 Å². The third-order valence-corrected chi connectivity index (χ3v) is 10.9. The van der Waals surface area contributed by atoms with Gasteiger partial charge in [-0.1, -0.05) is 13.8 Å². The van der Waals surface area contributed by atoms with Crippen LogP contribution in [0.5, 0.6) is 0 Å². The molecule has 0 aromatic heterocycles. The number of aliphatic hydroxyl groups excluding tert-OH is 1. The summed E-state index contributed by atoms with van der Waals surface area (Å²) in [7, 11) is 0. The smallest absolute Gasteiger partial charge is 0.339 e. The molecule has 11 nitrogen and oxygen atoms in total. The summed E-state index contributed by atoms with van der Waals surface area (Å²) >= 11 is 0. The van der Waals surface area contributed by atoms with Gasteiger partial charge in [-0.05, 0) is 45.3 Å². The zero-order chi connectivity index (χ0) is 28.7. The molecule has 218 valence electrons. The predicted octanol–water partition coefficient (Wildman–Crippen LogP) is 1.18. The monoisotopic (exact) mass is 560 g/mol. The molecule has 6 aliphatic heterocycles. The maximum absolute atomic E-state index is 13.9. The van der Waals surface area contributed by atoms with Crippen LogP contribution in [0.1, 0.15) is 66.2 Å². The zero-order valence-electron chi connectivity index (χ0n) is 23.1. The minimum Gasteiger partial charge on any atom is -0.456 e. The number of Topliss-reactive ketones (excluding diaryl/α,β-unsaturated/α-hetero) is 1. The van der Waals surface area contributed by atoms with Crippen molar-refractivity contribution in [1.82, 2.24) is 0 Å². The summed E-state index contributed by atoms with van der Waals surface area (Å²) in [5.74, 6) is -6.96. The molecule has 2 spiro atoms. The van der Waals surface area contributed by atoms with Crippen molar-refractivity contribution in [3.05, 3.63) is 23.5 Å². The SMILES string of the molecule is CC1=C/C(=C\[C@@H](C)C(=O)[C@]2(C)CC[C@]34C[C@]56OC(=O)C[C@H]5O[C@@](C)(CO)[C@@H]6[C@@H]5C[C@H]3[C@@](O)(O5)[C@](O)(C2)O4)OC1=O. The molecule has 3 N–H and O–H groups in total. The van der Waals surface area contributed by atoms with E-state index in [-0.39, 0.29) is 31.7 Å². The highest BCUT2D eigenvalue weighted by Gasteiger charge is 2.84. The molecule has 11 heteroatoms. The van der Waals surface area contributed by atoms with Gasteiger partial charge < -0.3 is 39.0 Å². The van der Waals surface area contributed by atoms with Crippen molar-refractivity contribution in [2.45, 2.75) is 107 Å². The van der Waals surface area contributed by atoms with Crippen molar-refractivity contribution in [3.8, 4) is 0 Å². The third kappa shape index (κ3) is 3.13. The van der Waals surface area contributed by atoms with Crippen LogP contribution >= 0.6 is 0 Å². The summed E-state index contributed by atoms with van der Waals surface area (Å²) in [6.07, 6.45) is 2.76. The average molecular weight is 561 g/mol. The van der Waals surface area contributed by atoms with E-state index in [0.717, 1.165) is 0 Å². The lowest BCUT2D eigenvalue weighted by atomic mass is 9.63. The lowest BCUT2D eigenvalue weighted by molar-refractivity contribution is -0.361. The van der Waals surface area contributed by atoms with Crippen molar-refractivity contribution in [3.63, 3.8) is 0 Å². The Kier molecular flexibility index (Phi) is 5.22. The van der Waals surface area contributed by atoms with Crippen LogP contribution in [-0.2, 0) is 38.1 Å². The first-order valence-corrected chi connectivity index (χ1v) is 14.1. The molecule has 11 atom stereocenters. The van der Waals surface area contributed by atoms with Gasteiger partial charge in [0, 0.05) is 29.7 Å². The molecule has 5 saturated heterocycles. The molecule has 0 aromatic rings. The van der Waals surface area contributed by atoms with Crippen molar-refractivity contribution < 1.29 is 53.4 Å². The van der Waals surface area contributed by atoms with Gasteiger partial charge >= 0.3 is 11.9 Å². The second kappa shape index (κ2) is 7.81. The van der Waals surface area contributed by atoms with Crippen LogP contribution in [0, 0.1) is 23.2 Å². The number of carbonyl (C=O) groups excluding carboxylic acids is 3. The Balaban J connectivity index is 1.27. The molecule has 7 rings (SSSR count). The number of carbonyl (C=O) groups is 3. The summed E-state index contributed by atoms with van der Waals surface area (Å²) in [5.41, 5.74) is -4.09. The molecular weight excluding hydrogens is 524 g/mol. The predicted molar refractivity (Wildman–Crippen MR) is 133 cm³/mol. The highest BCUT2D eigenvalue weighted by Crippen LogP contribution is 2.71. The van der Waals surface area contributed by atoms with Crippen molar-refractivity contribution in [2.75, 3.05) is 6.61 Å². The van der Waals surface area contributed by atoms with Crippen molar-refractivity contribution in [2.24, 2.45) is 23.2 Å². The van der Waals surface area contributed by atoms with E-state index in [1.165, 1.54) is 0 Å². The van der Waals surface area contributed by atoms with Crippen LogP contribution < -0.4 is 0 Å². The molecular formula is C29H36O11. The topological polar surface area (TPSA) is 158 Å². The highest BCUT2D eigenvalue weighted by atomic mass is 16.8. The van der Waals surface area contributed by atoms with E-state index >= 15 is 0 Å². The van der Waals surface area contributed by atoms with Crippen LogP contribution in [0.4, 0.5) is 0 Å². The second-order valence-corrected chi connectivity index (χ2v) is 13.6. The Hall–Kier alpha value is -2.15. The van der Waals surface area contributed by atoms with Crippen LogP contribution in [0.2, 0.25) is 0 Å². The maximum Gasteiger partial charge on any atom is 0.339 e. The lowest BCUT2D eigenvalue weighted by Gasteiger charge is -2.46. The molecule has 0 aromatic carbocycles. The Morgan fingerprint density at radius 1 is 1.18 bits per heavy atom. The number of allylic oxidation sites excluding steroid dienone is 2. The van der Waals surface area contributed by atoms with E-state index in [0.29, 0.717) is 30.6 Å². The van der Waals surface area contributed by atoms with Gasteiger partial charge in [0.2, 0.25) is 11.6 Å². The number of ketones is 1. The van der Waals surface area contributed by atoms with Gasteiger partial charge in [-0.3, -0.25) is 9.59 Å². The zero-order valence-corrected chi connectivity index (χ0v) is 23.1. The Morgan fingerprint density at radius 3 is 2.60 bits per heavy atom. The summed E-state index contributed by atoms with van der Waals surface area (Å²) in [5, 5.41) is 34.6. The van der Waals surface area contributed by atoms with Gasteiger partial charge in [-0.25, -0.2) is 4.79 Å². The van der Waals surface area contributed by atoms with E-state index in [2.05, 4.69) is 0 Å². The number of rotatable bonds is 4. The first-order valence-electron chi connectivity index (χ1n) is 14.1. The molecule has 4 bridgehead atoms. The molecule has 0 radical (unpaired) electrons. The number of hydrogen-bond donors (Lipinski definition) is 3. The molecule has 6 heterocycles. The Bertz CT molecular complexity index is 1290. The summed E-state index contributed by atoms with van der Waals surface area (Å²) in [4.78, 5) is 38.3. The van der Waals surface area contributed by atoms with E-state index in [1.807, 2.05) is 0 Å². The molecule has 1 saturated carbocycles. The van der Waals surface area contributed by atoms with Gasteiger partial charge in [0.25, 0.3) is 0 Å². The molecule has 40 heavy (non-hydrogen) atoms. The average Bonchev–Trinajstić information content (AvgIpc) is 3.53. The standard InChI is InChI=1S/C29H36O11/c1-14(7-16-8-15(2)23(33)36-16)22(32)24(3)5-6-26-12-27-19(10-20(31)39-27)38-25(4,13-30)21(27)17-9-18(26)29(35,37-17)28(34,11-24)40-26/h7-8,14,17-19,21,30,34-35H,5-6,9-13H2,1-4H3/b16-7+/t14-,17+,18-,19-,21+,24-,25+,26+,27+,28+,29-/m1/s1. The Labute approximate surface area is 231 Å². The minimum atomic E-state index is -2.21. The van der Waals surface area contributed by atoms with Crippen LogP contribution in [0.25, 0.3) is 0 Å². The van der Waals surface area contributed by atoms with Crippen molar-refractivity contribution in [1.29, 1.82) is 0 Å². The largest absolute Gasteiger partial charge is 0.456 e. The second-order valence-electron chi connectivity index (χ2n) is 13.6. The first-order chi connectivity index (χ1) is 18.6. The lowest BCUT2D eigenvalue weighted by Crippen LogP contribution is -2.60. The number of fused-ring (bicyclic) bond motifs is 4. The maximum atomic E-state index is 13.9. The quantitative estimate of drug-likeness (QED) is 0.424.